The van der Waals surface area contributed by atoms with Crippen molar-refractivity contribution in [3.63, 3.8) is 0 Å². The molecule has 0 amide bonds. The van der Waals surface area contributed by atoms with Crippen molar-refractivity contribution in [2.24, 2.45) is 0 Å². The highest BCUT2D eigenvalue weighted by Gasteiger charge is 2.28. The lowest BCUT2D eigenvalue weighted by Crippen LogP contribution is -2.42. The van der Waals surface area contributed by atoms with E-state index in [-0.39, 0.29) is 5.82 Å². The van der Waals surface area contributed by atoms with E-state index < -0.39 is 5.60 Å². The van der Waals surface area contributed by atoms with Crippen LogP contribution in [0.5, 0.6) is 0 Å². The Morgan fingerprint density at radius 3 is 2.68 bits per heavy atom. The van der Waals surface area contributed by atoms with Gasteiger partial charge in [-0.05, 0) is 50.1 Å². The number of rotatable bonds is 4. The summed E-state index contributed by atoms with van der Waals surface area (Å²) < 4.78 is 13.4. The first-order valence-electron chi connectivity index (χ1n) is 6.98. The highest BCUT2D eigenvalue weighted by Crippen LogP contribution is 2.28. The molecule has 1 aliphatic heterocycles. The van der Waals surface area contributed by atoms with Gasteiger partial charge in [0.25, 0.3) is 0 Å². The third-order valence-corrected chi connectivity index (χ3v) is 3.79. The van der Waals surface area contributed by atoms with Crippen molar-refractivity contribution in [3.8, 4) is 0 Å². The minimum Gasteiger partial charge on any atom is -0.390 e. The largest absolute Gasteiger partial charge is 0.390 e. The van der Waals surface area contributed by atoms with Crippen molar-refractivity contribution in [1.82, 2.24) is 5.32 Å². The normalized spacial score (nSPS) is 18.6. The molecule has 0 unspecified atom stereocenters. The monoisotopic (exact) mass is 266 g/mol. The minimum absolute atomic E-state index is 0.194. The van der Waals surface area contributed by atoms with Gasteiger partial charge in [-0.3, -0.25) is 0 Å². The minimum atomic E-state index is -0.557. The van der Waals surface area contributed by atoms with Crippen LogP contribution in [0.15, 0.2) is 18.2 Å². The van der Waals surface area contributed by atoms with Crippen LogP contribution in [0.3, 0.4) is 0 Å². The Bertz CT molecular complexity index is 424. The first kappa shape index (κ1) is 14.3. The summed E-state index contributed by atoms with van der Waals surface area (Å²) in [5.41, 5.74) is 1.51. The molecule has 1 fully saturated rings. The van der Waals surface area contributed by atoms with Crippen LogP contribution in [0, 0.1) is 5.82 Å². The maximum absolute atomic E-state index is 13.4. The number of benzene rings is 1. The molecule has 0 spiro atoms. The molecule has 0 radical (unpaired) electrons. The van der Waals surface area contributed by atoms with Gasteiger partial charge < -0.3 is 15.3 Å². The van der Waals surface area contributed by atoms with Gasteiger partial charge in [0.1, 0.15) is 5.82 Å². The van der Waals surface area contributed by atoms with Crippen LogP contribution in [-0.2, 0) is 6.54 Å². The predicted molar refractivity (Wildman–Crippen MR) is 75.9 cm³/mol. The molecule has 2 N–H and O–H groups in total. The zero-order valence-corrected chi connectivity index (χ0v) is 11.7. The van der Waals surface area contributed by atoms with E-state index in [2.05, 4.69) is 10.2 Å². The van der Waals surface area contributed by atoms with Crippen LogP contribution in [0.1, 0.15) is 32.3 Å². The molecule has 1 aromatic carbocycles. The number of aliphatic hydroxyl groups is 1. The quantitative estimate of drug-likeness (QED) is 0.877. The molecule has 106 valence electrons. The summed E-state index contributed by atoms with van der Waals surface area (Å²) >= 11 is 0. The molecule has 0 saturated carbocycles. The number of halogens is 1. The number of hydrogen-bond acceptors (Lipinski definition) is 3. The third-order valence-electron chi connectivity index (χ3n) is 3.79. The fourth-order valence-electron chi connectivity index (χ4n) is 2.49. The first-order valence-corrected chi connectivity index (χ1v) is 6.98. The maximum Gasteiger partial charge on any atom is 0.123 e. The highest BCUT2D eigenvalue weighted by atomic mass is 19.1. The fraction of sp³-hybridized carbons (Fsp3) is 0.600. The molecular formula is C15H23FN2O. The van der Waals surface area contributed by atoms with Gasteiger partial charge in [0.2, 0.25) is 0 Å². The first-order chi connectivity index (χ1) is 9.02. The van der Waals surface area contributed by atoms with E-state index in [1.165, 1.54) is 6.07 Å². The zero-order valence-electron chi connectivity index (χ0n) is 11.7. The van der Waals surface area contributed by atoms with Crippen molar-refractivity contribution in [2.75, 3.05) is 24.5 Å². The van der Waals surface area contributed by atoms with Crippen LogP contribution in [0.4, 0.5) is 10.1 Å². The van der Waals surface area contributed by atoms with E-state index in [0.29, 0.717) is 6.54 Å². The molecule has 1 aliphatic rings. The van der Waals surface area contributed by atoms with E-state index in [4.69, 9.17) is 0 Å². The number of hydrogen-bond donors (Lipinski definition) is 2. The third kappa shape index (κ3) is 3.67. The summed E-state index contributed by atoms with van der Waals surface area (Å²) in [7, 11) is 0. The van der Waals surface area contributed by atoms with Crippen LogP contribution >= 0.6 is 0 Å². The van der Waals surface area contributed by atoms with Gasteiger partial charge in [0.15, 0.2) is 0 Å². The summed E-state index contributed by atoms with van der Waals surface area (Å²) in [6.45, 7) is 7.10. The van der Waals surface area contributed by atoms with Crippen LogP contribution in [0.25, 0.3) is 0 Å². The second kappa shape index (κ2) is 5.88. The van der Waals surface area contributed by atoms with Crippen LogP contribution in [-0.4, -0.2) is 30.3 Å². The SMILES string of the molecule is CCNCc1cc(F)ccc1N1CCC(C)(O)CC1. The van der Waals surface area contributed by atoms with E-state index in [1.807, 2.05) is 19.9 Å². The van der Waals surface area contributed by atoms with Gasteiger partial charge in [-0.1, -0.05) is 6.92 Å². The van der Waals surface area contributed by atoms with E-state index in [9.17, 15) is 9.50 Å². The molecule has 2 rings (SSSR count). The fourth-order valence-corrected chi connectivity index (χ4v) is 2.49. The second-order valence-electron chi connectivity index (χ2n) is 5.54. The smallest absolute Gasteiger partial charge is 0.123 e. The lowest BCUT2D eigenvalue weighted by molar-refractivity contribution is 0.0351. The Labute approximate surface area is 114 Å². The molecule has 1 saturated heterocycles. The van der Waals surface area contributed by atoms with Gasteiger partial charge in [-0.2, -0.15) is 0 Å². The highest BCUT2D eigenvalue weighted by molar-refractivity contribution is 5.54. The summed E-state index contributed by atoms with van der Waals surface area (Å²) in [6, 6.07) is 4.96. The number of piperidine rings is 1. The lowest BCUT2D eigenvalue weighted by Gasteiger charge is -2.38. The molecule has 1 aromatic rings. The zero-order chi connectivity index (χ0) is 13.9. The van der Waals surface area contributed by atoms with Crippen molar-refractivity contribution < 1.29 is 9.50 Å². The topological polar surface area (TPSA) is 35.5 Å². The molecule has 4 heteroatoms. The van der Waals surface area contributed by atoms with Crippen molar-refractivity contribution in [3.05, 3.63) is 29.6 Å². The Kier molecular flexibility index (Phi) is 4.42. The summed E-state index contributed by atoms with van der Waals surface area (Å²) in [4.78, 5) is 2.24. The molecule has 0 aliphatic carbocycles. The molecule has 3 nitrogen and oxygen atoms in total. The predicted octanol–water partition coefficient (Wildman–Crippen LogP) is 2.29. The Morgan fingerprint density at radius 1 is 1.37 bits per heavy atom. The molecule has 0 aromatic heterocycles. The number of nitrogens with zero attached hydrogens (tertiary/aromatic N) is 1. The van der Waals surface area contributed by atoms with Gasteiger partial charge in [0.05, 0.1) is 5.60 Å². The van der Waals surface area contributed by atoms with E-state index in [0.717, 1.165) is 43.7 Å². The van der Waals surface area contributed by atoms with Gasteiger partial charge in [0, 0.05) is 25.3 Å². The average Bonchev–Trinajstić information content (AvgIpc) is 2.37. The Morgan fingerprint density at radius 2 is 2.05 bits per heavy atom. The molecule has 0 atom stereocenters. The second-order valence-corrected chi connectivity index (χ2v) is 5.54. The van der Waals surface area contributed by atoms with E-state index in [1.54, 1.807) is 6.07 Å². The molecule has 0 bridgehead atoms. The van der Waals surface area contributed by atoms with Crippen molar-refractivity contribution in [2.45, 2.75) is 38.8 Å². The van der Waals surface area contributed by atoms with Gasteiger partial charge >= 0.3 is 0 Å². The number of nitrogens with one attached hydrogen (secondary N) is 1. The van der Waals surface area contributed by atoms with E-state index >= 15 is 0 Å². The molecule has 19 heavy (non-hydrogen) atoms. The Balaban J connectivity index is 2.15. The average molecular weight is 266 g/mol. The molecule has 1 heterocycles. The summed E-state index contributed by atoms with van der Waals surface area (Å²) in [6.07, 6.45) is 1.51. The maximum atomic E-state index is 13.4. The van der Waals surface area contributed by atoms with Crippen molar-refractivity contribution >= 4 is 5.69 Å². The van der Waals surface area contributed by atoms with Crippen molar-refractivity contribution in [1.29, 1.82) is 0 Å². The lowest BCUT2D eigenvalue weighted by atomic mass is 9.93. The summed E-state index contributed by atoms with van der Waals surface area (Å²) in [5.74, 6) is -0.194. The van der Waals surface area contributed by atoms with Crippen LogP contribution < -0.4 is 10.2 Å². The number of anilines is 1. The summed E-state index contributed by atoms with van der Waals surface area (Å²) in [5, 5.41) is 13.2. The van der Waals surface area contributed by atoms with Gasteiger partial charge in [-0.15, -0.1) is 0 Å². The standard InChI is InChI=1S/C15H23FN2O/c1-3-17-11-12-10-13(16)4-5-14(12)18-8-6-15(2,19)7-9-18/h4-5,10,17,19H,3,6-9,11H2,1-2H3. The molecular weight excluding hydrogens is 243 g/mol. The Hall–Kier alpha value is -1.13. The van der Waals surface area contributed by atoms with Crippen LogP contribution in [0.2, 0.25) is 0 Å². The van der Waals surface area contributed by atoms with Gasteiger partial charge in [-0.25, -0.2) is 4.39 Å².